The second kappa shape index (κ2) is 7.91. The third-order valence-corrected chi connectivity index (χ3v) is 5.59. The molecule has 2 aromatic rings. The zero-order valence-corrected chi connectivity index (χ0v) is 16.6. The van der Waals surface area contributed by atoms with Crippen LogP contribution in [0.4, 0.5) is 0 Å². The quantitative estimate of drug-likeness (QED) is 0.762. The predicted molar refractivity (Wildman–Crippen MR) is 105 cm³/mol. The Hall–Kier alpha value is -2.41. The Labute approximate surface area is 164 Å². The van der Waals surface area contributed by atoms with Gasteiger partial charge >= 0.3 is 5.69 Å². The minimum Gasteiger partial charge on any atom is -0.367 e. The molecule has 150 valence electrons. The highest BCUT2D eigenvalue weighted by Gasteiger charge is 2.41. The first-order chi connectivity index (χ1) is 13.5. The SMILES string of the molecule is CC(C)Cn1nc2n(c1=O)CC1CCC(C2)N1C(=O)COCc1ccccc1. The predicted octanol–water partition coefficient (Wildman–Crippen LogP) is 1.83. The Balaban J connectivity index is 1.43. The number of hydrogen-bond donors (Lipinski definition) is 0. The normalized spacial score (nSPS) is 21.0. The van der Waals surface area contributed by atoms with E-state index in [4.69, 9.17) is 4.74 Å². The van der Waals surface area contributed by atoms with Gasteiger partial charge in [-0.25, -0.2) is 9.48 Å². The molecule has 1 fully saturated rings. The van der Waals surface area contributed by atoms with Gasteiger partial charge in [0.05, 0.1) is 12.6 Å². The molecular formula is C21H28N4O3. The minimum absolute atomic E-state index is 0.0108. The largest absolute Gasteiger partial charge is 0.367 e. The molecule has 1 aromatic carbocycles. The molecule has 7 heteroatoms. The van der Waals surface area contributed by atoms with Crippen LogP contribution in [0.25, 0.3) is 0 Å². The maximum Gasteiger partial charge on any atom is 0.345 e. The number of aromatic nitrogens is 3. The minimum atomic E-state index is -0.0519. The summed E-state index contributed by atoms with van der Waals surface area (Å²) < 4.78 is 9.02. The van der Waals surface area contributed by atoms with Crippen LogP contribution >= 0.6 is 0 Å². The van der Waals surface area contributed by atoms with Crippen molar-refractivity contribution in [2.75, 3.05) is 6.61 Å². The van der Waals surface area contributed by atoms with E-state index in [0.29, 0.717) is 32.0 Å². The number of carbonyl (C=O) groups is 1. The molecular weight excluding hydrogens is 356 g/mol. The number of hydrogen-bond acceptors (Lipinski definition) is 4. The van der Waals surface area contributed by atoms with Gasteiger partial charge in [-0.2, -0.15) is 5.10 Å². The van der Waals surface area contributed by atoms with E-state index >= 15 is 0 Å². The van der Waals surface area contributed by atoms with E-state index < -0.39 is 0 Å². The lowest BCUT2D eigenvalue weighted by Gasteiger charge is -2.27. The summed E-state index contributed by atoms with van der Waals surface area (Å²) in [4.78, 5) is 27.5. The van der Waals surface area contributed by atoms with Gasteiger partial charge in [0.25, 0.3) is 0 Å². The third kappa shape index (κ3) is 3.76. The molecule has 3 heterocycles. The molecule has 0 radical (unpaired) electrons. The lowest BCUT2D eigenvalue weighted by Crippen LogP contribution is -2.44. The monoisotopic (exact) mass is 384 g/mol. The van der Waals surface area contributed by atoms with Crippen LogP contribution in [0.3, 0.4) is 0 Å². The first-order valence-electron chi connectivity index (χ1n) is 10.1. The third-order valence-electron chi connectivity index (χ3n) is 5.59. The molecule has 1 aromatic heterocycles. The van der Waals surface area contributed by atoms with Crippen molar-refractivity contribution in [3.63, 3.8) is 0 Å². The molecule has 7 nitrogen and oxygen atoms in total. The molecule has 2 aliphatic heterocycles. The molecule has 0 aliphatic carbocycles. The summed E-state index contributed by atoms with van der Waals surface area (Å²) in [5, 5.41) is 4.56. The van der Waals surface area contributed by atoms with E-state index in [1.807, 2.05) is 35.2 Å². The summed E-state index contributed by atoms with van der Waals surface area (Å²) in [7, 11) is 0. The van der Waals surface area contributed by atoms with Crippen molar-refractivity contribution in [2.45, 2.75) is 64.9 Å². The average molecular weight is 384 g/mol. The van der Waals surface area contributed by atoms with Crippen LogP contribution < -0.4 is 5.69 Å². The van der Waals surface area contributed by atoms with Crippen molar-refractivity contribution < 1.29 is 9.53 Å². The van der Waals surface area contributed by atoms with Gasteiger partial charge in [-0.3, -0.25) is 9.36 Å². The number of nitrogens with zero attached hydrogens (tertiary/aromatic N) is 4. The molecule has 0 N–H and O–H groups in total. The molecule has 2 unspecified atom stereocenters. The van der Waals surface area contributed by atoms with E-state index in [2.05, 4.69) is 18.9 Å². The fraction of sp³-hybridized carbons (Fsp3) is 0.571. The highest BCUT2D eigenvalue weighted by Crippen LogP contribution is 2.30. The molecule has 4 rings (SSSR count). The number of fused-ring (bicyclic) bond motifs is 3. The lowest BCUT2D eigenvalue weighted by atomic mass is 10.1. The van der Waals surface area contributed by atoms with Crippen LogP contribution in [0, 0.1) is 5.92 Å². The van der Waals surface area contributed by atoms with Crippen molar-refractivity contribution in [3.05, 3.63) is 52.2 Å². The number of amides is 1. The van der Waals surface area contributed by atoms with Gasteiger partial charge in [-0.1, -0.05) is 44.2 Å². The molecule has 2 atom stereocenters. The Morgan fingerprint density at radius 3 is 2.71 bits per heavy atom. The summed E-state index contributed by atoms with van der Waals surface area (Å²) in [5.41, 5.74) is 1.00. The van der Waals surface area contributed by atoms with Gasteiger partial charge in [-0.15, -0.1) is 0 Å². The fourth-order valence-electron chi connectivity index (χ4n) is 4.36. The number of benzene rings is 1. The lowest BCUT2D eigenvalue weighted by molar-refractivity contribution is -0.139. The standard InChI is InChI=1S/C21H28N4O3/c1-15(2)11-24-21(27)23-12-18-9-8-17(10-19(23)22-24)25(18)20(26)14-28-13-16-6-4-3-5-7-16/h3-7,15,17-18H,8-14H2,1-2H3. The van der Waals surface area contributed by atoms with Gasteiger partial charge in [-0.05, 0) is 24.3 Å². The van der Waals surface area contributed by atoms with Crippen molar-refractivity contribution in [3.8, 4) is 0 Å². The number of carbonyl (C=O) groups excluding carboxylic acids is 1. The zero-order chi connectivity index (χ0) is 19.7. The number of rotatable bonds is 6. The summed E-state index contributed by atoms with van der Waals surface area (Å²) in [6.45, 7) is 5.82. The number of ether oxygens (including phenoxy) is 1. The molecule has 28 heavy (non-hydrogen) atoms. The van der Waals surface area contributed by atoms with E-state index in [1.54, 1.807) is 9.25 Å². The maximum atomic E-state index is 12.9. The second-order valence-electron chi connectivity index (χ2n) is 8.25. The maximum absolute atomic E-state index is 12.9. The summed E-state index contributed by atoms with van der Waals surface area (Å²) in [6, 6.07) is 10.0. The highest BCUT2D eigenvalue weighted by molar-refractivity contribution is 5.78. The highest BCUT2D eigenvalue weighted by atomic mass is 16.5. The van der Waals surface area contributed by atoms with Gasteiger partial charge in [0.1, 0.15) is 12.4 Å². The van der Waals surface area contributed by atoms with E-state index in [9.17, 15) is 9.59 Å². The van der Waals surface area contributed by atoms with Crippen LogP contribution in [0.2, 0.25) is 0 Å². The molecule has 1 saturated heterocycles. The second-order valence-corrected chi connectivity index (χ2v) is 8.25. The molecule has 0 spiro atoms. The Kier molecular flexibility index (Phi) is 5.35. The van der Waals surface area contributed by atoms with Crippen LogP contribution in [0.15, 0.2) is 35.1 Å². The van der Waals surface area contributed by atoms with Crippen LogP contribution in [-0.2, 0) is 35.6 Å². The summed E-state index contributed by atoms with van der Waals surface area (Å²) in [5.74, 6) is 1.19. The summed E-state index contributed by atoms with van der Waals surface area (Å²) >= 11 is 0. The molecule has 2 aliphatic rings. The van der Waals surface area contributed by atoms with Gasteiger partial charge < -0.3 is 9.64 Å². The Morgan fingerprint density at radius 1 is 1.21 bits per heavy atom. The van der Waals surface area contributed by atoms with E-state index in [-0.39, 0.29) is 30.3 Å². The molecule has 0 saturated carbocycles. The van der Waals surface area contributed by atoms with Crippen LogP contribution in [-0.4, -0.2) is 43.8 Å². The molecule has 1 amide bonds. The first-order valence-corrected chi connectivity index (χ1v) is 10.1. The van der Waals surface area contributed by atoms with Crippen molar-refractivity contribution >= 4 is 5.91 Å². The molecule has 2 bridgehead atoms. The average Bonchev–Trinajstić information content (AvgIpc) is 3.12. The summed E-state index contributed by atoms with van der Waals surface area (Å²) in [6.07, 6.45) is 2.53. The zero-order valence-electron chi connectivity index (χ0n) is 16.6. The van der Waals surface area contributed by atoms with E-state index in [1.165, 1.54) is 0 Å². The Bertz CT molecular complexity index is 887. The topological polar surface area (TPSA) is 69.4 Å². The van der Waals surface area contributed by atoms with Crippen LogP contribution in [0.1, 0.15) is 38.1 Å². The fourth-order valence-corrected chi connectivity index (χ4v) is 4.36. The Morgan fingerprint density at radius 2 is 1.96 bits per heavy atom. The van der Waals surface area contributed by atoms with Gasteiger partial charge in [0, 0.05) is 25.6 Å². The van der Waals surface area contributed by atoms with Gasteiger partial charge in [0.15, 0.2) is 0 Å². The smallest absolute Gasteiger partial charge is 0.345 e. The van der Waals surface area contributed by atoms with Crippen LogP contribution in [0.5, 0.6) is 0 Å². The van der Waals surface area contributed by atoms with E-state index in [0.717, 1.165) is 24.2 Å². The van der Waals surface area contributed by atoms with Crippen molar-refractivity contribution in [2.24, 2.45) is 5.92 Å². The van der Waals surface area contributed by atoms with Crippen molar-refractivity contribution in [1.29, 1.82) is 0 Å². The van der Waals surface area contributed by atoms with Gasteiger partial charge in [0.2, 0.25) is 5.91 Å². The van der Waals surface area contributed by atoms with Crippen molar-refractivity contribution in [1.82, 2.24) is 19.2 Å². The first kappa shape index (κ1) is 18.9.